The highest BCUT2D eigenvalue weighted by molar-refractivity contribution is 5.65. The van der Waals surface area contributed by atoms with Crippen LogP contribution in [0, 0.1) is 0 Å². The fourth-order valence-electron chi connectivity index (χ4n) is 10.1. The number of carbonyl (C=O) groups excluding carboxylic acids is 2. The molecule has 0 amide bonds. The van der Waals surface area contributed by atoms with Crippen molar-refractivity contribution in [3.63, 3.8) is 0 Å². The Kier molecular flexibility index (Phi) is 63.1. The van der Waals surface area contributed by atoms with E-state index in [1.165, 1.54) is 288 Å². The zero-order valence-electron chi connectivity index (χ0n) is 54.3. The zero-order valence-corrected chi connectivity index (χ0v) is 54.3. The van der Waals surface area contributed by atoms with E-state index >= 15 is 0 Å². The lowest BCUT2D eigenvalue weighted by molar-refractivity contribution is -0.138. The predicted octanol–water partition coefficient (Wildman–Crippen LogP) is 23.0. The molecule has 4 aromatic carbocycles. The van der Waals surface area contributed by atoms with Crippen molar-refractivity contribution in [1.82, 2.24) is 0 Å². The van der Waals surface area contributed by atoms with E-state index in [9.17, 15) is 9.59 Å². The predicted molar refractivity (Wildman–Crippen MR) is 353 cm³/mol. The van der Waals surface area contributed by atoms with Crippen molar-refractivity contribution in [1.29, 1.82) is 0 Å². The van der Waals surface area contributed by atoms with Crippen molar-refractivity contribution >= 4 is 11.9 Å². The maximum atomic E-state index is 9.59. The fourth-order valence-corrected chi connectivity index (χ4v) is 10.1. The van der Waals surface area contributed by atoms with Crippen LogP contribution >= 0.6 is 0 Å². The van der Waals surface area contributed by atoms with Crippen LogP contribution in [-0.2, 0) is 28.5 Å². The number of rotatable bonds is 41. The number of benzene rings is 4. The van der Waals surface area contributed by atoms with E-state index < -0.39 is 0 Å². The van der Waals surface area contributed by atoms with Gasteiger partial charge in [-0.2, -0.15) is 0 Å². The average molecular weight is 1120 g/mol. The van der Waals surface area contributed by atoms with Gasteiger partial charge in [0, 0.05) is 54.1 Å². The van der Waals surface area contributed by atoms with Crippen LogP contribution in [0.4, 0.5) is 0 Å². The van der Waals surface area contributed by atoms with Crippen LogP contribution in [0.3, 0.4) is 0 Å². The summed E-state index contributed by atoms with van der Waals surface area (Å²) in [6.07, 6.45) is 52.9. The van der Waals surface area contributed by atoms with Crippen LogP contribution < -0.4 is 0 Å². The van der Waals surface area contributed by atoms with Gasteiger partial charge in [-0.3, -0.25) is 9.59 Å². The van der Waals surface area contributed by atoms with Gasteiger partial charge in [0.25, 0.3) is 0 Å². The summed E-state index contributed by atoms with van der Waals surface area (Å²) in [5, 5.41) is 0. The lowest BCUT2D eigenvalue weighted by Gasteiger charge is -2.18. The number of ether oxygens (including phenoxy) is 4. The molecule has 4 rings (SSSR count). The molecule has 81 heavy (non-hydrogen) atoms. The van der Waals surface area contributed by atoms with Crippen molar-refractivity contribution in [3.05, 3.63) is 144 Å². The number of hydrogen-bond acceptors (Lipinski definition) is 6. The highest BCUT2D eigenvalue weighted by atomic mass is 16.5. The number of esters is 2. The van der Waals surface area contributed by atoms with Gasteiger partial charge >= 0.3 is 11.9 Å². The monoisotopic (exact) mass is 1120 g/mol. The Morgan fingerprint density at radius 2 is 0.407 bits per heavy atom. The maximum Gasteiger partial charge on any atom is 0.302 e. The van der Waals surface area contributed by atoms with Crippen LogP contribution in [0.25, 0.3) is 0 Å². The van der Waals surface area contributed by atoms with Crippen molar-refractivity contribution in [2.75, 3.05) is 42.7 Å². The average Bonchev–Trinajstić information content (AvgIpc) is 3.49. The van der Waals surface area contributed by atoms with E-state index in [1.807, 2.05) is 0 Å². The Bertz CT molecular complexity index is 1710. The number of hydrogen-bond donors (Lipinski definition) is 0. The smallest absolute Gasteiger partial charge is 0.302 e. The summed E-state index contributed by atoms with van der Waals surface area (Å²) in [6, 6.07) is 44.3. The third kappa shape index (κ3) is 54.7. The highest BCUT2D eigenvalue weighted by Crippen LogP contribution is 2.31. The molecule has 0 saturated heterocycles. The molecule has 0 unspecified atom stereocenters. The van der Waals surface area contributed by atoms with Gasteiger partial charge in [0.15, 0.2) is 0 Å². The van der Waals surface area contributed by atoms with Crippen molar-refractivity contribution in [2.45, 2.75) is 277 Å². The van der Waals surface area contributed by atoms with E-state index in [0.29, 0.717) is 11.8 Å². The summed E-state index contributed by atoms with van der Waals surface area (Å²) in [4.78, 5) is 19.2. The van der Waals surface area contributed by atoms with E-state index in [-0.39, 0.29) is 11.9 Å². The van der Waals surface area contributed by atoms with Gasteiger partial charge in [0.2, 0.25) is 0 Å². The minimum Gasteiger partial charge on any atom is -0.469 e. The lowest BCUT2D eigenvalue weighted by Crippen LogP contribution is -2.01. The molecule has 0 aliphatic heterocycles. The van der Waals surface area contributed by atoms with Gasteiger partial charge in [-0.05, 0) is 35.1 Å². The molecule has 462 valence electrons. The SMILES string of the molecule is CCCCCCCCCCCCCCCCCCC(c1ccccc1)c1ccccc1.CCCCCCCCCCCCCCCCCCCCCC(c1ccccc1)c1ccccc1.COC.COC.COC(C)=O.COC(C)=O. The first-order valence-electron chi connectivity index (χ1n) is 32.8. The van der Waals surface area contributed by atoms with Crippen molar-refractivity contribution in [3.8, 4) is 0 Å². The Labute approximate surface area is 501 Å². The zero-order chi connectivity index (χ0) is 59.8. The molecule has 6 nitrogen and oxygen atoms in total. The van der Waals surface area contributed by atoms with E-state index in [1.54, 1.807) is 28.4 Å². The van der Waals surface area contributed by atoms with E-state index in [0.717, 1.165) is 0 Å². The summed E-state index contributed by atoms with van der Waals surface area (Å²) < 4.78 is 16.7. The summed E-state index contributed by atoms with van der Waals surface area (Å²) in [6.45, 7) is 7.32. The van der Waals surface area contributed by atoms with E-state index in [4.69, 9.17) is 0 Å². The quantitative estimate of drug-likeness (QED) is 0.0326. The molecule has 0 bridgehead atoms. The summed E-state index contributed by atoms with van der Waals surface area (Å²) in [5.74, 6) is 0.609. The molecule has 0 spiro atoms. The maximum absolute atomic E-state index is 9.59. The van der Waals surface area contributed by atoms with Crippen LogP contribution in [-0.4, -0.2) is 54.6 Å². The first kappa shape index (κ1) is 78.8. The topological polar surface area (TPSA) is 71.1 Å². The number of methoxy groups -OCH3 is 4. The number of unbranched alkanes of at least 4 members (excludes halogenated alkanes) is 33. The third-order valence-corrected chi connectivity index (χ3v) is 14.8. The Morgan fingerprint density at radius 3 is 0.543 bits per heavy atom. The summed E-state index contributed by atoms with van der Waals surface area (Å²) >= 11 is 0. The summed E-state index contributed by atoms with van der Waals surface area (Å²) in [7, 11) is 9.20. The van der Waals surface area contributed by atoms with Gasteiger partial charge in [-0.15, -0.1) is 0 Å². The van der Waals surface area contributed by atoms with Gasteiger partial charge in [0.05, 0.1) is 14.2 Å². The second-order valence-corrected chi connectivity index (χ2v) is 22.2. The first-order valence-corrected chi connectivity index (χ1v) is 32.8. The fraction of sp³-hybridized carbons (Fsp3) is 0.653. The highest BCUT2D eigenvalue weighted by Gasteiger charge is 2.14. The minimum absolute atomic E-state index is 0.245. The normalized spacial score (nSPS) is 10.4. The lowest BCUT2D eigenvalue weighted by atomic mass is 9.87. The molecule has 6 heteroatoms. The second-order valence-electron chi connectivity index (χ2n) is 22.2. The van der Waals surface area contributed by atoms with Gasteiger partial charge < -0.3 is 18.9 Å². The minimum atomic E-state index is -0.245. The number of carbonyl (C=O) groups is 2. The molecule has 4 aromatic rings. The van der Waals surface area contributed by atoms with Crippen molar-refractivity contribution < 1.29 is 28.5 Å². The Morgan fingerprint density at radius 1 is 0.272 bits per heavy atom. The van der Waals surface area contributed by atoms with Crippen molar-refractivity contribution in [2.24, 2.45) is 0 Å². The van der Waals surface area contributed by atoms with E-state index in [2.05, 4.69) is 154 Å². The Balaban J connectivity index is 0. The molecule has 0 N–H and O–H groups in total. The second kappa shape index (κ2) is 64.9. The molecule has 0 saturated carbocycles. The molecule has 0 aliphatic carbocycles. The first-order chi connectivity index (χ1) is 39.7. The molecule has 0 heterocycles. The van der Waals surface area contributed by atoms with Crippen LogP contribution in [0.2, 0.25) is 0 Å². The molecule has 0 radical (unpaired) electrons. The molecular formula is C75H126O6. The molecule has 0 fully saturated rings. The molecule has 0 aliphatic rings. The van der Waals surface area contributed by atoms with Gasteiger partial charge in [-0.1, -0.05) is 360 Å². The van der Waals surface area contributed by atoms with Crippen LogP contribution in [0.5, 0.6) is 0 Å². The largest absolute Gasteiger partial charge is 0.469 e. The van der Waals surface area contributed by atoms with Gasteiger partial charge in [0.1, 0.15) is 0 Å². The standard InChI is InChI=1S/C34H54.C31H48.2C3H6O2.2C2H6O/c1-2-3-4-5-6-7-8-9-10-11-12-13-14-15-16-17-18-19-26-31-34(32-27-22-20-23-28-32)33-29-24-21-25-30-33;1-2-3-4-5-6-7-8-9-10-11-12-13-14-15-16-23-28-31(29-24-19-17-20-25-29)30-26-21-18-22-27-30;2*1-3(4)5-2;2*1-3-2/h20-25,27-30,34H,2-19,26,31H2,1H3;17-22,24-27,31H,2-16,23,28H2,1H3;2*1-2H3;2*1-2H3. The summed E-state index contributed by atoms with van der Waals surface area (Å²) in [5.41, 5.74) is 5.87. The third-order valence-electron chi connectivity index (χ3n) is 14.8. The van der Waals surface area contributed by atoms with Gasteiger partial charge in [-0.25, -0.2) is 0 Å². The molecule has 0 atom stereocenters. The van der Waals surface area contributed by atoms with Crippen LogP contribution in [0.15, 0.2) is 121 Å². The molecule has 0 aromatic heterocycles. The molecular weight excluding hydrogens is 997 g/mol. The van der Waals surface area contributed by atoms with Crippen LogP contribution in [0.1, 0.15) is 299 Å². The Hall–Kier alpha value is -4.26.